The van der Waals surface area contributed by atoms with Gasteiger partial charge in [-0.05, 0) is 50.5 Å². The quantitative estimate of drug-likeness (QED) is 0.188. The fraction of sp³-hybridized carbons (Fsp3) is 0.231. The Morgan fingerprint density at radius 1 is 0.857 bits per heavy atom. The largest absolute Gasteiger partial charge is 0.496 e. The van der Waals surface area contributed by atoms with Crippen molar-refractivity contribution < 1.29 is 14.0 Å². The Morgan fingerprint density at radius 2 is 1.43 bits per heavy atom. The molecule has 10 heteroatoms. The lowest BCUT2D eigenvalue weighted by molar-refractivity contribution is 0.00578. The Bertz CT molecular complexity index is 2060. The van der Waals surface area contributed by atoms with Crippen molar-refractivity contribution in [2.75, 3.05) is 6.67 Å². The molecule has 4 aromatic carbocycles. The van der Waals surface area contributed by atoms with Gasteiger partial charge in [-0.1, -0.05) is 103 Å². The van der Waals surface area contributed by atoms with Gasteiger partial charge in [0.05, 0.1) is 51.6 Å². The number of nitrogens with one attached hydrogen (secondary N) is 1. The average Bonchev–Trinajstić information content (AvgIpc) is 3.60. The highest BCUT2D eigenvalue weighted by Crippen LogP contribution is 2.42. The molecule has 3 aliphatic heterocycles. The molecule has 4 heterocycles. The minimum Gasteiger partial charge on any atom is -0.463 e. The van der Waals surface area contributed by atoms with Crippen molar-refractivity contribution in [3.63, 3.8) is 0 Å². The van der Waals surface area contributed by atoms with E-state index in [1.54, 1.807) is 6.26 Å². The Morgan fingerprint density at radius 3 is 2.00 bits per heavy atom. The molecule has 0 spiro atoms. The van der Waals surface area contributed by atoms with Gasteiger partial charge in [0.25, 0.3) is 0 Å². The predicted octanol–water partition coefficient (Wildman–Crippen LogP) is 5.29. The highest BCUT2D eigenvalue weighted by molar-refractivity contribution is 6.65. The molecule has 0 unspecified atom stereocenters. The lowest BCUT2D eigenvalue weighted by Crippen LogP contribution is -2.48. The van der Waals surface area contributed by atoms with E-state index in [2.05, 4.69) is 106 Å². The summed E-state index contributed by atoms with van der Waals surface area (Å²) >= 11 is 7.14. The monoisotopic (exact) mass is 669 g/mol. The van der Waals surface area contributed by atoms with Crippen LogP contribution in [0.2, 0.25) is 5.02 Å². The van der Waals surface area contributed by atoms with Crippen LogP contribution in [-0.2, 0) is 21.4 Å². The molecular weight excluding hydrogens is 633 g/mol. The van der Waals surface area contributed by atoms with E-state index in [1.807, 2.05) is 52.5 Å². The first-order valence-corrected chi connectivity index (χ1v) is 16.9. The van der Waals surface area contributed by atoms with Gasteiger partial charge >= 0.3 is 7.12 Å². The van der Waals surface area contributed by atoms with Crippen molar-refractivity contribution >= 4 is 30.0 Å². The smallest absolute Gasteiger partial charge is 0.463 e. The zero-order chi connectivity index (χ0) is 33.8. The lowest BCUT2D eigenvalue weighted by Gasteiger charge is -2.39. The van der Waals surface area contributed by atoms with Crippen LogP contribution in [0.1, 0.15) is 50.1 Å². The summed E-state index contributed by atoms with van der Waals surface area (Å²) in [5.41, 5.74) is 3.31. The number of hydrogen-bond donors (Lipinski definition) is 1. The fourth-order valence-electron chi connectivity index (χ4n) is 7.03. The standard InChI is InChI=1S/C39H37BClN5O3/c1-37(2)38(3,4)49-40(48-37)31-22-32-33-35(34(31)41)43-25-44-36(33)45(20-21-47-32)24-30-23-42-26-46(30)39(27-14-8-5-9-15-27,28-16-10-6-11-17-28)29-18-12-7-13-19-29/h5-23,26,44H,24-25H2,1-4H3. The van der Waals surface area contributed by atoms with Crippen molar-refractivity contribution in [2.45, 2.75) is 51.0 Å². The number of halogens is 1. The van der Waals surface area contributed by atoms with Gasteiger partial charge in [0, 0.05) is 11.7 Å². The third-order valence-electron chi connectivity index (χ3n) is 10.2. The Labute approximate surface area is 291 Å². The van der Waals surface area contributed by atoms with E-state index in [-0.39, 0.29) is 0 Å². The van der Waals surface area contributed by atoms with Gasteiger partial charge in [0.2, 0.25) is 0 Å². The van der Waals surface area contributed by atoms with Crippen LogP contribution in [-0.4, -0.2) is 39.4 Å². The van der Waals surface area contributed by atoms with Crippen LogP contribution >= 0.6 is 11.6 Å². The summed E-state index contributed by atoms with van der Waals surface area (Å²) in [6.07, 6.45) is 7.51. The summed E-state index contributed by atoms with van der Waals surface area (Å²) in [7, 11) is -0.657. The molecule has 1 N–H and O–H groups in total. The highest BCUT2D eigenvalue weighted by atomic mass is 35.5. The molecule has 0 radical (unpaired) electrons. The highest BCUT2D eigenvalue weighted by Gasteiger charge is 2.52. The first-order valence-electron chi connectivity index (χ1n) is 16.5. The van der Waals surface area contributed by atoms with Gasteiger partial charge in [-0.2, -0.15) is 0 Å². The number of ether oxygens (including phenoxy) is 1. The zero-order valence-electron chi connectivity index (χ0n) is 27.9. The molecule has 0 saturated carbocycles. The van der Waals surface area contributed by atoms with E-state index in [9.17, 15) is 0 Å². The molecule has 246 valence electrons. The summed E-state index contributed by atoms with van der Waals surface area (Å²) in [6, 6.07) is 33.7. The summed E-state index contributed by atoms with van der Waals surface area (Å²) in [6.45, 7) is 8.93. The maximum absolute atomic E-state index is 7.14. The summed E-state index contributed by atoms with van der Waals surface area (Å²) in [4.78, 5) is 11.7. The third kappa shape index (κ3) is 5.07. The van der Waals surface area contributed by atoms with E-state index in [0.29, 0.717) is 34.8 Å². The van der Waals surface area contributed by atoms with E-state index < -0.39 is 23.9 Å². The Kier molecular flexibility index (Phi) is 7.67. The van der Waals surface area contributed by atoms with E-state index in [0.717, 1.165) is 33.4 Å². The number of benzene rings is 4. The van der Waals surface area contributed by atoms with Crippen LogP contribution in [0.3, 0.4) is 0 Å². The van der Waals surface area contributed by atoms with Crippen LogP contribution < -0.4 is 26.1 Å². The minimum absolute atomic E-state index is 0.347. The van der Waals surface area contributed by atoms with Gasteiger partial charge < -0.3 is 28.8 Å². The summed E-state index contributed by atoms with van der Waals surface area (Å²) in [5, 5.41) is 5.43. The molecule has 49 heavy (non-hydrogen) atoms. The molecule has 1 aromatic heterocycles. The first-order chi connectivity index (χ1) is 23.7. The van der Waals surface area contributed by atoms with Gasteiger partial charge in [-0.15, -0.1) is 0 Å². The number of hydrogen-bond acceptors (Lipinski definition) is 7. The van der Waals surface area contributed by atoms with Crippen molar-refractivity contribution in [3.05, 3.63) is 160 Å². The number of rotatable bonds is 7. The molecule has 1 fully saturated rings. The number of aromatic nitrogens is 2. The van der Waals surface area contributed by atoms with Crippen LogP contribution in [0.5, 0.6) is 5.75 Å². The maximum Gasteiger partial charge on any atom is 0.496 e. The van der Waals surface area contributed by atoms with Gasteiger partial charge in [-0.3, -0.25) is 4.99 Å². The molecular formula is C39H37BClN5O3. The van der Waals surface area contributed by atoms with Crippen molar-refractivity contribution in [1.82, 2.24) is 19.8 Å². The van der Waals surface area contributed by atoms with Gasteiger partial charge in [0.1, 0.15) is 30.0 Å². The molecule has 5 aromatic rings. The van der Waals surface area contributed by atoms with E-state index in [1.165, 1.54) is 0 Å². The molecule has 0 atom stereocenters. The molecule has 0 bridgehead atoms. The van der Waals surface area contributed by atoms with Crippen LogP contribution in [0.4, 0.5) is 0 Å². The normalized spacial score (nSPS) is 17.5. The third-order valence-corrected chi connectivity index (χ3v) is 10.6. The average molecular weight is 670 g/mol. The zero-order valence-corrected chi connectivity index (χ0v) is 28.7. The summed E-state index contributed by atoms with van der Waals surface area (Å²) < 4.78 is 21.3. The van der Waals surface area contributed by atoms with Crippen molar-refractivity contribution in [3.8, 4) is 5.75 Å². The predicted molar refractivity (Wildman–Crippen MR) is 192 cm³/mol. The fourth-order valence-corrected chi connectivity index (χ4v) is 7.33. The molecule has 1 saturated heterocycles. The Hall–Kier alpha value is -4.83. The molecule has 0 amide bonds. The van der Waals surface area contributed by atoms with Crippen LogP contribution in [0, 0.1) is 0 Å². The maximum atomic E-state index is 7.14. The Balaban J connectivity index is 1.27. The van der Waals surface area contributed by atoms with Crippen LogP contribution in [0.15, 0.2) is 127 Å². The van der Waals surface area contributed by atoms with Crippen molar-refractivity contribution in [1.29, 1.82) is 0 Å². The second-order valence-corrected chi connectivity index (χ2v) is 13.9. The molecule has 8 rings (SSSR count). The minimum atomic E-state index is -0.703. The van der Waals surface area contributed by atoms with E-state index in [4.69, 9.17) is 35.6 Å². The molecule has 8 nitrogen and oxygen atoms in total. The van der Waals surface area contributed by atoms with Crippen molar-refractivity contribution in [2.24, 2.45) is 4.99 Å². The topological polar surface area (TPSA) is 73.1 Å². The van der Waals surface area contributed by atoms with Crippen LogP contribution in [0.25, 0.3) is 5.82 Å². The molecule has 0 aliphatic carbocycles. The van der Waals surface area contributed by atoms with Gasteiger partial charge in [0.15, 0.2) is 0 Å². The SMILES string of the molecule is CC1(C)OB(c2cc3c4c(c2Cl)=NCNC=4N(Cc2cncn2C(c2ccccc2)(c2ccccc2)c2ccccc2)C=CO3)OC1(C)C. The number of imidazole rings is 1. The second kappa shape index (κ2) is 11.9. The van der Waals surface area contributed by atoms with E-state index >= 15 is 0 Å². The molecule has 3 aliphatic rings. The number of nitrogens with zero attached hydrogens (tertiary/aromatic N) is 4. The lowest BCUT2D eigenvalue weighted by atomic mass is 9.76. The van der Waals surface area contributed by atoms with Gasteiger partial charge in [-0.25, -0.2) is 4.98 Å². The summed E-state index contributed by atoms with van der Waals surface area (Å²) in [5.74, 6) is 1.46. The second-order valence-electron chi connectivity index (χ2n) is 13.5. The first kappa shape index (κ1) is 31.4.